The third-order valence-electron chi connectivity index (χ3n) is 12.5. The third-order valence-corrected chi connectivity index (χ3v) is 15.0. The number of likely N-dealkylation sites (tertiary alicyclic amines) is 1. The molecule has 0 aliphatic carbocycles. The van der Waals surface area contributed by atoms with Crippen LogP contribution in [0.1, 0.15) is 62.6 Å². The molecule has 13 nitrogen and oxygen atoms in total. The van der Waals surface area contributed by atoms with Gasteiger partial charge in [0.05, 0.1) is 62.9 Å². The van der Waals surface area contributed by atoms with Gasteiger partial charge in [-0.25, -0.2) is 0 Å². The maximum Gasteiger partial charge on any atom is 0.264 e. The van der Waals surface area contributed by atoms with Crippen LogP contribution in [0.25, 0.3) is 0 Å². The van der Waals surface area contributed by atoms with E-state index in [1.165, 1.54) is 0 Å². The first-order valence-electron chi connectivity index (χ1n) is 20.7. The minimum atomic E-state index is -3.02. The number of benzene rings is 3. The molecular weight excluding hydrogens is 757 g/mol. The van der Waals surface area contributed by atoms with Crippen molar-refractivity contribution in [2.45, 2.75) is 101 Å². The Morgan fingerprint density at radius 3 is 2.45 bits per heavy atom. The number of nitrogens with one attached hydrogen (secondary N) is 1. The van der Waals surface area contributed by atoms with E-state index in [4.69, 9.17) is 14.2 Å². The number of fused-ring (bicyclic) bond motifs is 3. The van der Waals surface area contributed by atoms with Crippen LogP contribution in [0.3, 0.4) is 0 Å². The molecule has 0 bridgehead atoms. The highest BCUT2D eigenvalue weighted by Crippen LogP contribution is 2.60. The van der Waals surface area contributed by atoms with Gasteiger partial charge in [-0.15, -0.1) is 0 Å². The molecule has 2 fully saturated rings. The highest BCUT2D eigenvalue weighted by Gasteiger charge is 2.66. The highest BCUT2D eigenvalue weighted by molar-refractivity contribution is 6.71. The molecule has 4 aliphatic heterocycles. The summed E-state index contributed by atoms with van der Waals surface area (Å²) in [4.78, 5) is 59.8. The number of carbonyl (C=O) groups is 3. The smallest absolute Gasteiger partial charge is 0.264 e. The minimum absolute atomic E-state index is 0.00260. The first-order chi connectivity index (χ1) is 27.9. The first-order valence-corrected chi connectivity index (χ1v) is 23.7. The number of amides is 3. The number of aliphatic hydroxyl groups excluding tert-OH is 2. The van der Waals surface area contributed by atoms with Gasteiger partial charge in [0.2, 0.25) is 11.8 Å². The van der Waals surface area contributed by atoms with Gasteiger partial charge in [-0.1, -0.05) is 19.1 Å². The van der Waals surface area contributed by atoms with E-state index in [9.17, 15) is 24.6 Å². The standard InChI is InChI=1S/C44H58N4O9Si/c1-6-56-34-16-17-37-30(22-34)23-36(45-19-7-8-21-49)42(52)48(37)31-13-11-29(12-14-31)26-47-38-18-15-33(55-3)24-35(38)44(43(47)53)28(2)41(58(4,5)54)39(57-44)25-40(51)46-20-9-10-32(46)27-50/h11-18,22,24,28,32,36,39,41,45,49-50,54H,6-10,19-21,23,25-27H2,1-5H3/t28-,32+,36?,39+,41-,44+/m1/s1. The van der Waals surface area contributed by atoms with E-state index in [1.807, 2.05) is 87.6 Å². The van der Waals surface area contributed by atoms with Crippen LogP contribution >= 0.6 is 0 Å². The quantitative estimate of drug-likeness (QED) is 0.124. The molecule has 0 radical (unpaired) electrons. The maximum atomic E-state index is 15.1. The van der Waals surface area contributed by atoms with Gasteiger partial charge in [0.15, 0.2) is 13.9 Å². The number of aliphatic hydroxyl groups is 2. The Labute approximate surface area is 342 Å². The highest BCUT2D eigenvalue weighted by atomic mass is 28.4. The van der Waals surface area contributed by atoms with Crippen LogP contribution in [0.5, 0.6) is 11.5 Å². The molecular formula is C44H58N4O9Si. The Balaban J connectivity index is 1.18. The summed E-state index contributed by atoms with van der Waals surface area (Å²) in [6, 6.07) is 18.3. The van der Waals surface area contributed by atoms with E-state index in [1.54, 1.807) is 21.8 Å². The molecule has 6 atom stereocenters. The number of unbranched alkanes of at least 4 members (excludes halogenated alkanes) is 1. The second kappa shape index (κ2) is 17.1. The second-order valence-electron chi connectivity index (χ2n) is 16.6. The van der Waals surface area contributed by atoms with Crippen molar-refractivity contribution in [2.75, 3.05) is 49.8 Å². The van der Waals surface area contributed by atoms with E-state index in [0.29, 0.717) is 55.2 Å². The molecule has 3 aromatic carbocycles. The van der Waals surface area contributed by atoms with Gasteiger partial charge < -0.3 is 44.3 Å². The Hall–Kier alpha value is -4.31. The zero-order valence-corrected chi connectivity index (χ0v) is 35.3. The molecule has 1 unspecified atom stereocenters. The van der Waals surface area contributed by atoms with Crippen LogP contribution in [-0.2, 0) is 37.7 Å². The van der Waals surface area contributed by atoms with E-state index < -0.39 is 37.5 Å². The van der Waals surface area contributed by atoms with Crippen LogP contribution in [0.2, 0.25) is 18.6 Å². The summed E-state index contributed by atoms with van der Waals surface area (Å²) >= 11 is 0. The first kappa shape index (κ1) is 41.8. The van der Waals surface area contributed by atoms with Crippen molar-refractivity contribution in [1.29, 1.82) is 0 Å². The van der Waals surface area contributed by atoms with E-state index in [0.717, 1.165) is 41.8 Å². The predicted octanol–water partition coefficient (Wildman–Crippen LogP) is 4.76. The third kappa shape index (κ3) is 7.66. The molecule has 3 aromatic rings. The van der Waals surface area contributed by atoms with Gasteiger partial charge in [0, 0.05) is 35.9 Å². The topological polar surface area (TPSA) is 161 Å². The summed E-state index contributed by atoms with van der Waals surface area (Å²) in [6.45, 7) is 9.46. The molecule has 4 aliphatic rings. The van der Waals surface area contributed by atoms with Gasteiger partial charge in [-0.3, -0.25) is 19.3 Å². The number of rotatable bonds is 15. The predicted molar refractivity (Wildman–Crippen MR) is 223 cm³/mol. The van der Waals surface area contributed by atoms with E-state index >= 15 is 4.79 Å². The fourth-order valence-corrected chi connectivity index (χ4v) is 12.4. The van der Waals surface area contributed by atoms with Crippen molar-refractivity contribution in [2.24, 2.45) is 5.92 Å². The fraction of sp³-hybridized carbons (Fsp3) is 0.523. The molecule has 4 heterocycles. The molecule has 7 rings (SSSR count). The number of ether oxygens (including phenoxy) is 3. The fourth-order valence-electron chi connectivity index (χ4n) is 9.84. The summed E-state index contributed by atoms with van der Waals surface area (Å²) < 4.78 is 18.4. The van der Waals surface area contributed by atoms with Gasteiger partial charge in [0.25, 0.3) is 5.91 Å². The Kier molecular flexibility index (Phi) is 12.3. The van der Waals surface area contributed by atoms with Crippen molar-refractivity contribution in [1.82, 2.24) is 10.2 Å². The molecule has 4 N–H and O–H groups in total. The number of carbonyl (C=O) groups excluding carboxylic acids is 3. The number of anilines is 3. The number of hydrogen-bond acceptors (Lipinski definition) is 10. The van der Waals surface area contributed by atoms with Crippen molar-refractivity contribution in [3.63, 3.8) is 0 Å². The molecule has 1 spiro atoms. The summed E-state index contributed by atoms with van der Waals surface area (Å²) in [5, 5.41) is 22.6. The average molecular weight is 815 g/mol. The average Bonchev–Trinajstić information content (AvgIpc) is 3.87. The normalized spacial score (nSPS) is 25.4. The molecule has 0 saturated carbocycles. The summed E-state index contributed by atoms with van der Waals surface area (Å²) in [5.41, 5.74) is 2.72. The van der Waals surface area contributed by atoms with Crippen LogP contribution in [0.4, 0.5) is 17.1 Å². The van der Waals surface area contributed by atoms with Gasteiger partial charge in [-0.2, -0.15) is 0 Å². The zero-order valence-electron chi connectivity index (χ0n) is 34.3. The molecule has 312 valence electrons. The lowest BCUT2D eigenvalue weighted by molar-refractivity contribution is -0.150. The van der Waals surface area contributed by atoms with Crippen LogP contribution in [0.15, 0.2) is 60.7 Å². The molecule has 0 aromatic heterocycles. The zero-order chi connectivity index (χ0) is 41.4. The summed E-state index contributed by atoms with van der Waals surface area (Å²) in [6.07, 6.45) is 2.76. The maximum absolute atomic E-state index is 15.1. The van der Waals surface area contributed by atoms with Crippen molar-refractivity contribution >= 4 is 43.1 Å². The Morgan fingerprint density at radius 2 is 1.76 bits per heavy atom. The van der Waals surface area contributed by atoms with Crippen molar-refractivity contribution < 1.29 is 43.6 Å². The lowest BCUT2D eigenvalue weighted by atomic mass is 9.82. The number of nitrogens with zero attached hydrogens (tertiary/aromatic N) is 3. The monoisotopic (exact) mass is 814 g/mol. The van der Waals surface area contributed by atoms with Crippen LogP contribution < -0.4 is 24.6 Å². The largest absolute Gasteiger partial charge is 0.497 e. The molecule has 58 heavy (non-hydrogen) atoms. The minimum Gasteiger partial charge on any atom is -0.497 e. The number of methoxy groups -OCH3 is 1. The van der Waals surface area contributed by atoms with Crippen LogP contribution in [0, 0.1) is 5.92 Å². The lowest BCUT2D eigenvalue weighted by Gasteiger charge is -2.35. The van der Waals surface area contributed by atoms with E-state index in [-0.39, 0.29) is 49.9 Å². The Morgan fingerprint density at radius 1 is 1.02 bits per heavy atom. The second-order valence-corrected chi connectivity index (χ2v) is 20.6. The van der Waals surface area contributed by atoms with Crippen molar-refractivity contribution in [3.8, 4) is 11.5 Å². The summed E-state index contributed by atoms with van der Waals surface area (Å²) in [5.74, 6) is 0.361. The molecule has 14 heteroatoms. The van der Waals surface area contributed by atoms with Gasteiger partial charge in [-0.05, 0) is 118 Å². The van der Waals surface area contributed by atoms with E-state index in [2.05, 4.69) is 5.32 Å². The molecule has 2 saturated heterocycles. The van der Waals surface area contributed by atoms with Crippen molar-refractivity contribution in [3.05, 3.63) is 77.4 Å². The Bertz CT molecular complexity index is 1990. The SMILES string of the molecule is CCOc1ccc2c(c1)CC(NCCCCO)C(=O)N2c1ccc(CN2C(=O)[C@@]3(O[C@@H](CC(=O)N4CCC[C@H]4CO)[C@H]([Si](C)(C)O)[C@H]3C)c3cc(OC)ccc32)cc1. The molecule has 3 amide bonds. The van der Waals surface area contributed by atoms with Crippen LogP contribution in [-0.4, -0.2) is 104 Å². The van der Waals surface area contributed by atoms with Gasteiger partial charge in [0.1, 0.15) is 11.5 Å². The summed E-state index contributed by atoms with van der Waals surface area (Å²) in [7, 11) is -1.45. The lowest BCUT2D eigenvalue weighted by Crippen LogP contribution is -2.49. The number of hydrogen-bond donors (Lipinski definition) is 4. The van der Waals surface area contributed by atoms with Gasteiger partial charge >= 0.3 is 0 Å².